The van der Waals surface area contributed by atoms with Gasteiger partial charge in [-0.15, -0.1) is 11.8 Å². The van der Waals surface area contributed by atoms with Crippen molar-refractivity contribution in [2.45, 2.75) is 11.4 Å². The van der Waals surface area contributed by atoms with Crippen molar-refractivity contribution in [2.75, 3.05) is 37.9 Å². The van der Waals surface area contributed by atoms with E-state index in [-0.39, 0.29) is 5.91 Å². The molecule has 24 heavy (non-hydrogen) atoms. The number of ether oxygens (including phenoxy) is 1. The second kappa shape index (κ2) is 7.73. The minimum atomic E-state index is 0.146. The van der Waals surface area contributed by atoms with E-state index in [2.05, 4.69) is 12.1 Å². The van der Waals surface area contributed by atoms with E-state index in [1.165, 1.54) is 4.90 Å². The maximum atomic E-state index is 12.7. The number of carbonyl (C=O) groups is 1. The lowest BCUT2D eigenvalue weighted by Gasteiger charge is -2.30. The average Bonchev–Trinajstić information content (AvgIpc) is 2.61. The minimum Gasteiger partial charge on any atom is -0.497 e. The first kappa shape index (κ1) is 16.9. The highest BCUT2D eigenvalue weighted by Gasteiger charge is 2.23. The van der Waals surface area contributed by atoms with Crippen LogP contribution in [0.4, 0.5) is 5.69 Å². The zero-order chi connectivity index (χ0) is 16.9. The highest BCUT2D eigenvalue weighted by Crippen LogP contribution is 2.34. The Morgan fingerprint density at radius 2 is 2.08 bits per heavy atom. The first-order chi connectivity index (χ1) is 11.7. The van der Waals surface area contributed by atoms with E-state index in [0.717, 1.165) is 29.3 Å². The molecule has 0 saturated heterocycles. The molecule has 0 unspecified atom stereocenters. The van der Waals surface area contributed by atoms with Gasteiger partial charge in [0.15, 0.2) is 0 Å². The number of amides is 1. The first-order valence-electron chi connectivity index (χ1n) is 8.01. The molecule has 0 saturated carbocycles. The summed E-state index contributed by atoms with van der Waals surface area (Å²) in [6, 6.07) is 16.1. The fourth-order valence-corrected chi connectivity index (χ4v) is 3.88. The predicted molar refractivity (Wildman–Crippen MR) is 98.8 cm³/mol. The Bertz CT molecular complexity index is 720. The van der Waals surface area contributed by atoms with Gasteiger partial charge in [0, 0.05) is 23.7 Å². The molecule has 0 aromatic heterocycles. The van der Waals surface area contributed by atoms with E-state index in [1.807, 2.05) is 65.0 Å². The second-order valence-electron chi connectivity index (χ2n) is 5.89. The SMILES string of the molecule is COc1cccc(CN(C)CC(=O)N2CCSc3ccccc32)c1. The molecular formula is C19H22N2O2S. The summed E-state index contributed by atoms with van der Waals surface area (Å²) >= 11 is 1.81. The highest BCUT2D eigenvalue weighted by atomic mass is 32.2. The van der Waals surface area contributed by atoms with E-state index in [9.17, 15) is 4.79 Å². The van der Waals surface area contributed by atoms with E-state index >= 15 is 0 Å². The fraction of sp³-hybridized carbons (Fsp3) is 0.316. The molecule has 3 rings (SSSR count). The number of likely N-dealkylation sites (N-methyl/N-ethyl adjacent to an activating group) is 1. The van der Waals surface area contributed by atoms with Crippen molar-refractivity contribution >= 4 is 23.4 Å². The lowest BCUT2D eigenvalue weighted by atomic mass is 10.2. The first-order valence-corrected chi connectivity index (χ1v) is 8.99. The van der Waals surface area contributed by atoms with Crippen molar-refractivity contribution in [2.24, 2.45) is 0 Å². The number of benzene rings is 2. The minimum absolute atomic E-state index is 0.146. The normalized spacial score (nSPS) is 13.7. The number of hydrogen-bond acceptors (Lipinski definition) is 4. The van der Waals surface area contributed by atoms with Crippen molar-refractivity contribution in [1.29, 1.82) is 0 Å². The molecule has 0 fully saturated rings. The van der Waals surface area contributed by atoms with Crippen molar-refractivity contribution in [1.82, 2.24) is 4.90 Å². The number of rotatable bonds is 5. The lowest BCUT2D eigenvalue weighted by molar-refractivity contribution is -0.119. The standard InChI is InChI=1S/C19H22N2O2S/c1-20(13-15-6-5-7-16(12-15)23-2)14-19(22)21-10-11-24-18-9-4-3-8-17(18)21/h3-9,12H,10-11,13-14H2,1-2H3. The third kappa shape index (κ3) is 3.91. The van der Waals surface area contributed by atoms with Gasteiger partial charge in [-0.05, 0) is 36.9 Å². The molecule has 0 aliphatic carbocycles. The summed E-state index contributed by atoms with van der Waals surface area (Å²) < 4.78 is 5.26. The molecule has 1 aliphatic heterocycles. The Hall–Kier alpha value is -1.98. The van der Waals surface area contributed by atoms with Crippen LogP contribution >= 0.6 is 11.8 Å². The zero-order valence-corrected chi connectivity index (χ0v) is 14.9. The third-order valence-electron chi connectivity index (χ3n) is 4.02. The molecule has 2 aromatic carbocycles. The Kier molecular flexibility index (Phi) is 5.43. The van der Waals surface area contributed by atoms with Gasteiger partial charge in [0.25, 0.3) is 0 Å². The van der Waals surface area contributed by atoms with Gasteiger partial charge in [-0.1, -0.05) is 24.3 Å². The Morgan fingerprint density at radius 1 is 1.25 bits per heavy atom. The summed E-state index contributed by atoms with van der Waals surface area (Å²) in [6.45, 7) is 1.89. The van der Waals surface area contributed by atoms with Crippen LogP contribution in [0.15, 0.2) is 53.4 Å². The molecular weight excluding hydrogens is 320 g/mol. The van der Waals surface area contributed by atoms with Gasteiger partial charge < -0.3 is 9.64 Å². The highest BCUT2D eigenvalue weighted by molar-refractivity contribution is 7.99. The van der Waals surface area contributed by atoms with E-state index in [1.54, 1.807) is 7.11 Å². The summed E-state index contributed by atoms with van der Waals surface area (Å²) in [5.74, 6) is 1.94. The maximum Gasteiger partial charge on any atom is 0.241 e. The van der Waals surface area contributed by atoms with Crippen molar-refractivity contribution in [3.05, 3.63) is 54.1 Å². The molecule has 0 bridgehead atoms. The Morgan fingerprint density at radius 3 is 2.92 bits per heavy atom. The van der Waals surface area contributed by atoms with Crippen LogP contribution in [0.25, 0.3) is 0 Å². The molecule has 1 amide bonds. The van der Waals surface area contributed by atoms with E-state index in [0.29, 0.717) is 13.1 Å². The molecule has 2 aromatic rings. The van der Waals surface area contributed by atoms with Crippen LogP contribution in [-0.2, 0) is 11.3 Å². The summed E-state index contributed by atoms with van der Waals surface area (Å²) in [5.41, 5.74) is 2.17. The summed E-state index contributed by atoms with van der Waals surface area (Å²) in [5, 5.41) is 0. The van der Waals surface area contributed by atoms with Gasteiger partial charge in [0.2, 0.25) is 5.91 Å². The van der Waals surface area contributed by atoms with Crippen LogP contribution < -0.4 is 9.64 Å². The fourth-order valence-electron chi connectivity index (χ4n) is 2.88. The number of hydrogen-bond donors (Lipinski definition) is 0. The summed E-state index contributed by atoms with van der Waals surface area (Å²) in [4.78, 5) is 17.9. The summed E-state index contributed by atoms with van der Waals surface area (Å²) in [7, 11) is 3.64. The van der Waals surface area contributed by atoms with Gasteiger partial charge >= 0.3 is 0 Å². The van der Waals surface area contributed by atoms with Gasteiger partial charge in [-0.2, -0.15) is 0 Å². The van der Waals surface area contributed by atoms with Crippen molar-refractivity contribution in [3.63, 3.8) is 0 Å². The van der Waals surface area contributed by atoms with Crippen LogP contribution in [0.1, 0.15) is 5.56 Å². The second-order valence-corrected chi connectivity index (χ2v) is 7.02. The predicted octanol–water partition coefficient (Wildman–Crippen LogP) is 3.27. The quantitative estimate of drug-likeness (QED) is 0.835. The van der Waals surface area contributed by atoms with Crippen molar-refractivity contribution < 1.29 is 9.53 Å². The average molecular weight is 342 g/mol. The number of thioether (sulfide) groups is 1. The van der Waals surface area contributed by atoms with Crippen LogP contribution in [-0.4, -0.2) is 43.8 Å². The molecule has 5 heteroatoms. The van der Waals surface area contributed by atoms with Crippen LogP contribution in [0, 0.1) is 0 Å². The molecule has 0 radical (unpaired) electrons. The largest absolute Gasteiger partial charge is 0.497 e. The van der Waals surface area contributed by atoms with Crippen LogP contribution in [0.2, 0.25) is 0 Å². The monoisotopic (exact) mass is 342 g/mol. The third-order valence-corrected chi connectivity index (χ3v) is 5.06. The topological polar surface area (TPSA) is 32.8 Å². The van der Waals surface area contributed by atoms with Gasteiger partial charge in [-0.25, -0.2) is 0 Å². The number of para-hydroxylation sites is 1. The van der Waals surface area contributed by atoms with E-state index in [4.69, 9.17) is 4.74 Å². The Balaban J connectivity index is 1.64. The maximum absolute atomic E-state index is 12.7. The number of carbonyl (C=O) groups excluding carboxylic acids is 1. The van der Waals surface area contributed by atoms with Crippen LogP contribution in [0.3, 0.4) is 0 Å². The molecule has 1 heterocycles. The lowest BCUT2D eigenvalue weighted by Crippen LogP contribution is -2.41. The molecule has 0 atom stereocenters. The molecule has 1 aliphatic rings. The smallest absolute Gasteiger partial charge is 0.241 e. The number of methoxy groups -OCH3 is 1. The van der Waals surface area contributed by atoms with Gasteiger partial charge in [0.1, 0.15) is 5.75 Å². The summed E-state index contributed by atoms with van der Waals surface area (Å²) in [6.07, 6.45) is 0. The molecule has 126 valence electrons. The number of nitrogens with zero attached hydrogens (tertiary/aromatic N) is 2. The zero-order valence-electron chi connectivity index (χ0n) is 14.1. The molecule has 4 nitrogen and oxygen atoms in total. The Labute approximate surface area is 147 Å². The molecule has 0 spiro atoms. The van der Waals surface area contributed by atoms with Gasteiger partial charge in [-0.3, -0.25) is 9.69 Å². The van der Waals surface area contributed by atoms with Gasteiger partial charge in [0.05, 0.1) is 19.3 Å². The number of fused-ring (bicyclic) bond motifs is 1. The van der Waals surface area contributed by atoms with Crippen LogP contribution in [0.5, 0.6) is 5.75 Å². The van der Waals surface area contributed by atoms with E-state index < -0.39 is 0 Å². The van der Waals surface area contributed by atoms with Crippen molar-refractivity contribution in [3.8, 4) is 5.75 Å². The number of anilines is 1. The molecule has 0 N–H and O–H groups in total.